The lowest BCUT2D eigenvalue weighted by atomic mass is 10.1. The SMILES string of the molecule is Cc1cc(Nc2nccn3c(-c4cn(CC#N)nc4C(F)(F)F)cnc23)cc(F)c1C(=O)N[C@H](C)CNC(=O)[C@@H]1[C@@H]2CNC[C@@H]21. The third-order valence-electron chi connectivity index (χ3n) is 8.10. The summed E-state index contributed by atoms with van der Waals surface area (Å²) >= 11 is 0. The molecule has 0 spiro atoms. The second kappa shape index (κ2) is 11.5. The molecule has 4 heterocycles. The number of aryl methyl sites for hydroxylation is 1. The molecule has 0 unspecified atom stereocenters. The monoisotopic (exact) mass is 624 g/mol. The van der Waals surface area contributed by atoms with Gasteiger partial charge in [-0.1, -0.05) is 0 Å². The zero-order valence-corrected chi connectivity index (χ0v) is 24.1. The summed E-state index contributed by atoms with van der Waals surface area (Å²) in [6.45, 7) is 4.79. The average Bonchev–Trinajstić information content (AvgIpc) is 3.38. The van der Waals surface area contributed by atoms with Gasteiger partial charge in [-0.2, -0.15) is 23.5 Å². The highest BCUT2D eigenvalue weighted by Crippen LogP contribution is 2.48. The molecule has 1 saturated carbocycles. The Morgan fingerprint density at radius 3 is 2.67 bits per heavy atom. The highest BCUT2D eigenvalue weighted by Gasteiger charge is 2.56. The summed E-state index contributed by atoms with van der Waals surface area (Å²) in [5.41, 5.74) is -0.851. The minimum Gasteiger partial charge on any atom is -0.354 e. The quantitative estimate of drug-likeness (QED) is 0.207. The number of nitriles is 1. The van der Waals surface area contributed by atoms with E-state index in [9.17, 15) is 22.8 Å². The Labute approximate surface area is 253 Å². The summed E-state index contributed by atoms with van der Waals surface area (Å²) in [6.07, 6.45) is 0.320. The van der Waals surface area contributed by atoms with Gasteiger partial charge in [-0.05, 0) is 56.5 Å². The van der Waals surface area contributed by atoms with E-state index in [1.807, 2.05) is 0 Å². The molecule has 12 nitrogen and oxygen atoms in total. The molecule has 3 aromatic heterocycles. The molecule has 1 aromatic carbocycles. The smallest absolute Gasteiger partial charge is 0.354 e. The summed E-state index contributed by atoms with van der Waals surface area (Å²) in [5, 5.41) is 24.2. The third kappa shape index (κ3) is 5.78. The maximum Gasteiger partial charge on any atom is 0.435 e. The number of piperidine rings is 1. The van der Waals surface area contributed by atoms with E-state index < -0.39 is 29.6 Å². The Bertz CT molecular complexity index is 1810. The van der Waals surface area contributed by atoms with Gasteiger partial charge < -0.3 is 21.3 Å². The summed E-state index contributed by atoms with van der Waals surface area (Å²) in [4.78, 5) is 33.8. The highest BCUT2D eigenvalue weighted by molar-refractivity contribution is 5.96. The molecule has 1 aliphatic carbocycles. The molecule has 4 N–H and O–H groups in total. The first-order valence-corrected chi connectivity index (χ1v) is 14.2. The number of hydrogen-bond donors (Lipinski definition) is 4. The van der Waals surface area contributed by atoms with Gasteiger partial charge in [-0.15, -0.1) is 0 Å². The first-order chi connectivity index (χ1) is 21.5. The van der Waals surface area contributed by atoms with Gasteiger partial charge in [0.2, 0.25) is 5.91 Å². The van der Waals surface area contributed by atoms with Crippen molar-refractivity contribution in [3.63, 3.8) is 0 Å². The van der Waals surface area contributed by atoms with Crippen LogP contribution in [0.4, 0.5) is 29.1 Å². The normalized spacial score (nSPS) is 19.5. The molecular formula is C29H28F4N10O2. The summed E-state index contributed by atoms with van der Waals surface area (Å²) in [6, 6.07) is 3.96. The van der Waals surface area contributed by atoms with Crippen LogP contribution in [0.15, 0.2) is 36.9 Å². The van der Waals surface area contributed by atoms with Gasteiger partial charge in [0, 0.05) is 42.8 Å². The summed E-state index contributed by atoms with van der Waals surface area (Å²) in [5.74, 6) is -0.598. The topological polar surface area (TPSA) is 154 Å². The largest absolute Gasteiger partial charge is 0.435 e. The molecule has 4 aromatic rings. The van der Waals surface area contributed by atoms with Crippen LogP contribution >= 0.6 is 0 Å². The molecule has 45 heavy (non-hydrogen) atoms. The first kappa shape index (κ1) is 30.0. The van der Waals surface area contributed by atoms with Crippen LogP contribution in [0.1, 0.15) is 28.5 Å². The Balaban J connectivity index is 1.17. The minimum absolute atomic E-state index is 0.00794. The predicted octanol–water partition coefficient (Wildman–Crippen LogP) is 3.03. The van der Waals surface area contributed by atoms with Gasteiger partial charge >= 0.3 is 6.18 Å². The predicted molar refractivity (Wildman–Crippen MR) is 153 cm³/mol. The molecule has 234 valence electrons. The van der Waals surface area contributed by atoms with Crippen molar-refractivity contribution >= 4 is 29.0 Å². The average molecular weight is 625 g/mol. The number of hydrogen-bond acceptors (Lipinski definition) is 8. The summed E-state index contributed by atoms with van der Waals surface area (Å²) in [7, 11) is 0. The van der Waals surface area contributed by atoms with Gasteiger partial charge in [0.25, 0.3) is 5.91 Å². The van der Waals surface area contributed by atoms with Crippen LogP contribution in [0.3, 0.4) is 0 Å². The number of carbonyl (C=O) groups excluding carboxylic acids is 2. The number of nitrogens with one attached hydrogen (secondary N) is 4. The standard InChI is InChI=1S/C29H28F4N10O2/c1-14-7-16(8-20(30)22(14)28(45)39-15(2)9-38-27(44)23-17-10-35-11-18(17)23)40-25-26-37-12-21(43(26)6-4-36-25)19-13-42(5-3-34)41-24(19)29(31,32)33/h4,6-8,12-13,15,17-18,23,35H,5,9-11H2,1-2H3,(H,36,40)(H,38,44)(H,39,45)/t15-,17-,18+,23-/m1/s1. The molecule has 2 fully saturated rings. The van der Waals surface area contributed by atoms with Crippen LogP contribution in [0.25, 0.3) is 16.9 Å². The third-order valence-corrected chi connectivity index (χ3v) is 8.10. The van der Waals surface area contributed by atoms with Crippen LogP contribution in [0.2, 0.25) is 0 Å². The van der Waals surface area contributed by atoms with E-state index in [1.165, 1.54) is 29.1 Å². The minimum atomic E-state index is -4.78. The van der Waals surface area contributed by atoms with E-state index >= 15 is 4.39 Å². The number of alkyl halides is 3. The lowest BCUT2D eigenvalue weighted by molar-refractivity contribution is -0.141. The maximum absolute atomic E-state index is 15.3. The van der Waals surface area contributed by atoms with Crippen LogP contribution in [0, 0.1) is 41.8 Å². The number of imidazole rings is 1. The van der Waals surface area contributed by atoms with Crippen LogP contribution < -0.4 is 21.3 Å². The number of aromatic nitrogens is 5. The van der Waals surface area contributed by atoms with Crippen LogP contribution in [-0.2, 0) is 17.5 Å². The molecular weight excluding hydrogens is 596 g/mol. The van der Waals surface area contributed by atoms with Crippen molar-refractivity contribution < 1.29 is 27.2 Å². The van der Waals surface area contributed by atoms with Crippen molar-refractivity contribution in [3.05, 3.63) is 59.6 Å². The van der Waals surface area contributed by atoms with E-state index in [-0.39, 0.29) is 58.9 Å². The van der Waals surface area contributed by atoms with Gasteiger partial charge in [0.1, 0.15) is 12.4 Å². The molecule has 16 heteroatoms. The number of nitrogens with zero attached hydrogens (tertiary/aromatic N) is 6. The Morgan fingerprint density at radius 2 is 1.98 bits per heavy atom. The number of benzene rings is 1. The fourth-order valence-electron chi connectivity index (χ4n) is 5.94. The van der Waals surface area contributed by atoms with E-state index in [0.717, 1.165) is 30.0 Å². The molecule has 2 amide bonds. The fraction of sp³-hybridized carbons (Fsp3) is 0.379. The Morgan fingerprint density at radius 1 is 1.22 bits per heavy atom. The maximum atomic E-state index is 15.3. The zero-order chi connectivity index (χ0) is 32.0. The molecule has 4 atom stereocenters. The number of amides is 2. The van der Waals surface area contributed by atoms with E-state index in [1.54, 1.807) is 19.9 Å². The van der Waals surface area contributed by atoms with Gasteiger partial charge in [-0.3, -0.25) is 18.7 Å². The van der Waals surface area contributed by atoms with Gasteiger partial charge in [-0.25, -0.2) is 14.4 Å². The number of halogens is 4. The molecule has 0 bridgehead atoms. The number of fused-ring (bicyclic) bond motifs is 2. The van der Waals surface area contributed by atoms with Crippen molar-refractivity contribution in [2.24, 2.45) is 17.8 Å². The zero-order valence-electron chi connectivity index (χ0n) is 24.1. The van der Waals surface area contributed by atoms with Crippen LogP contribution in [-0.4, -0.2) is 61.6 Å². The molecule has 0 radical (unpaired) electrons. The van der Waals surface area contributed by atoms with Gasteiger partial charge in [0.05, 0.1) is 29.1 Å². The number of carbonyl (C=O) groups is 2. The van der Waals surface area contributed by atoms with E-state index in [0.29, 0.717) is 17.4 Å². The second-order valence-corrected chi connectivity index (χ2v) is 11.3. The lowest BCUT2D eigenvalue weighted by Crippen LogP contribution is -2.43. The fourth-order valence-corrected chi connectivity index (χ4v) is 5.94. The van der Waals surface area contributed by atoms with Crippen molar-refractivity contribution in [2.75, 3.05) is 25.0 Å². The van der Waals surface area contributed by atoms with Crippen molar-refractivity contribution in [3.8, 4) is 17.3 Å². The van der Waals surface area contributed by atoms with E-state index in [2.05, 4.69) is 36.3 Å². The number of rotatable bonds is 9. The summed E-state index contributed by atoms with van der Waals surface area (Å²) < 4.78 is 58.8. The van der Waals surface area contributed by atoms with Crippen LogP contribution in [0.5, 0.6) is 0 Å². The Hall–Kier alpha value is -5.04. The van der Waals surface area contributed by atoms with Crippen molar-refractivity contribution in [1.82, 2.24) is 40.1 Å². The molecule has 6 rings (SSSR count). The first-order valence-electron chi connectivity index (χ1n) is 14.2. The second-order valence-electron chi connectivity index (χ2n) is 11.3. The molecule has 1 saturated heterocycles. The van der Waals surface area contributed by atoms with Crippen molar-refractivity contribution in [1.29, 1.82) is 5.26 Å². The number of anilines is 2. The Kier molecular flexibility index (Phi) is 7.65. The van der Waals surface area contributed by atoms with E-state index in [4.69, 9.17) is 5.26 Å². The molecule has 1 aliphatic heterocycles. The van der Waals surface area contributed by atoms with Gasteiger partial charge in [0.15, 0.2) is 17.2 Å². The molecule has 2 aliphatic rings. The highest BCUT2D eigenvalue weighted by atomic mass is 19.4. The lowest BCUT2D eigenvalue weighted by Gasteiger charge is -2.17. The van der Waals surface area contributed by atoms with Crippen molar-refractivity contribution in [2.45, 2.75) is 32.6 Å².